The summed E-state index contributed by atoms with van der Waals surface area (Å²) in [7, 11) is 0. The monoisotopic (exact) mass is 181 g/mol. The van der Waals surface area contributed by atoms with Crippen molar-refractivity contribution in [1.29, 1.82) is 0 Å². The maximum Gasteiger partial charge on any atom is 0.360 e. The van der Waals surface area contributed by atoms with Crippen LogP contribution in [-0.4, -0.2) is 27.2 Å². The lowest BCUT2D eigenvalue weighted by atomic mass is 10.6. The predicted octanol–water partition coefficient (Wildman–Crippen LogP) is -1.20. The average Bonchev–Trinajstić information content (AvgIpc) is 1.82. The summed E-state index contributed by atoms with van der Waals surface area (Å²) in [4.78, 5) is 20.5. The van der Waals surface area contributed by atoms with E-state index in [0.29, 0.717) is 0 Å². The van der Waals surface area contributed by atoms with Gasteiger partial charge in [-0.15, -0.1) is 0 Å². The summed E-state index contributed by atoms with van der Waals surface area (Å²) >= 11 is -2.61. The van der Waals surface area contributed by atoms with Crippen molar-refractivity contribution in [2.24, 2.45) is 0 Å². The second-order valence-electron chi connectivity index (χ2n) is 1.58. The Morgan fingerprint density at radius 2 is 2.18 bits per heavy atom. The van der Waals surface area contributed by atoms with Crippen LogP contribution in [-0.2, 0) is 25.1 Å². The van der Waals surface area contributed by atoms with E-state index in [1.807, 2.05) is 0 Å². The Morgan fingerprint density at radius 1 is 1.64 bits per heavy atom. The van der Waals surface area contributed by atoms with E-state index < -0.39 is 29.8 Å². The molecule has 7 heteroatoms. The minimum absolute atomic E-state index is 0.401. The van der Waals surface area contributed by atoms with Gasteiger partial charge in [-0.1, -0.05) is 0 Å². The predicted molar refractivity (Wildman–Crippen MR) is 35.5 cm³/mol. The first-order valence-electron chi connectivity index (χ1n) is 2.59. The molecule has 0 fully saturated rings. The van der Waals surface area contributed by atoms with Gasteiger partial charge in [0.05, 0.1) is 0 Å². The molecule has 0 rings (SSSR count). The average molecular weight is 181 g/mol. The number of carbonyl (C=O) groups is 2. The Bertz CT molecular complexity index is 191. The number of amides is 1. The second kappa shape index (κ2) is 4.80. The molecule has 0 heterocycles. The third-order valence-electron chi connectivity index (χ3n) is 0.646. The molecule has 0 bridgehead atoms. The van der Waals surface area contributed by atoms with Crippen LogP contribution in [0.4, 0.5) is 0 Å². The maximum absolute atomic E-state index is 10.4. The van der Waals surface area contributed by atoms with Gasteiger partial charge in [0.2, 0.25) is 5.91 Å². The molecular weight excluding hydrogens is 174 g/mol. The van der Waals surface area contributed by atoms with Gasteiger partial charge in [0.1, 0.15) is 6.54 Å². The Kier molecular flexibility index (Phi) is 4.39. The highest BCUT2D eigenvalue weighted by molar-refractivity contribution is 7.74. The summed E-state index contributed by atoms with van der Waals surface area (Å²) in [5.74, 6) is -1.37. The number of carbonyl (C=O) groups excluding carboxylic acids is 2. The zero-order valence-corrected chi connectivity index (χ0v) is 6.51. The molecule has 0 radical (unpaired) electrons. The fraction of sp³-hybridized carbons (Fsp3) is 0.500. The van der Waals surface area contributed by atoms with Crippen LogP contribution < -0.4 is 5.32 Å². The van der Waals surface area contributed by atoms with Crippen molar-refractivity contribution in [3.63, 3.8) is 0 Å². The molecule has 6 nitrogen and oxygen atoms in total. The van der Waals surface area contributed by atoms with Crippen molar-refractivity contribution < 1.29 is 22.5 Å². The van der Waals surface area contributed by atoms with Gasteiger partial charge in [-0.25, -0.2) is 4.79 Å². The molecule has 2 N–H and O–H groups in total. The normalized spacial score (nSPS) is 11.8. The number of hydrogen-bond acceptors (Lipinski definition) is 4. The third kappa shape index (κ3) is 6.94. The first-order chi connectivity index (χ1) is 5.02. The van der Waals surface area contributed by atoms with Crippen LogP contribution in [0.15, 0.2) is 0 Å². The molecule has 0 saturated heterocycles. The second-order valence-corrected chi connectivity index (χ2v) is 2.18. The fourth-order valence-corrected chi connectivity index (χ4v) is 0.524. The Morgan fingerprint density at radius 3 is 2.55 bits per heavy atom. The molecule has 0 saturated carbocycles. The van der Waals surface area contributed by atoms with Gasteiger partial charge < -0.3 is 9.50 Å². The molecule has 0 aliphatic heterocycles. The van der Waals surface area contributed by atoms with Gasteiger partial charge in [-0.05, 0) is 0 Å². The summed E-state index contributed by atoms with van der Waals surface area (Å²) in [6.07, 6.45) is 0. The molecule has 1 unspecified atom stereocenters. The van der Waals surface area contributed by atoms with Crippen LogP contribution in [0.5, 0.6) is 0 Å². The molecular formula is C4H7NO5S. The van der Waals surface area contributed by atoms with Crippen LogP contribution >= 0.6 is 0 Å². The molecule has 64 valence electrons. The summed E-state index contributed by atoms with van der Waals surface area (Å²) < 4.78 is 21.6. The highest BCUT2D eigenvalue weighted by atomic mass is 32.2. The number of nitrogens with one attached hydrogen (secondary N) is 1. The molecule has 0 aromatic heterocycles. The third-order valence-corrected chi connectivity index (χ3v) is 0.974. The Labute approximate surface area is 65.4 Å². The van der Waals surface area contributed by atoms with Gasteiger partial charge in [0.25, 0.3) is 0 Å². The largest absolute Gasteiger partial charge is 0.360 e. The standard InChI is InChI=1S/C4H7NO5S/c1-3(6)5-2-4(7)10-11(8)9/h2H2,1H3,(H,5,6)(H,8,9). The summed E-state index contributed by atoms with van der Waals surface area (Å²) in [6.45, 7) is 0.810. The highest BCUT2D eigenvalue weighted by Crippen LogP contribution is 1.79. The lowest BCUT2D eigenvalue weighted by molar-refractivity contribution is -0.134. The van der Waals surface area contributed by atoms with E-state index in [1.165, 1.54) is 6.92 Å². The van der Waals surface area contributed by atoms with Crippen molar-refractivity contribution in [3.05, 3.63) is 0 Å². The Balaban J connectivity index is 3.53. The lowest BCUT2D eigenvalue weighted by Gasteiger charge is -1.98. The zero-order chi connectivity index (χ0) is 8.85. The fourth-order valence-electron chi connectivity index (χ4n) is 0.306. The zero-order valence-electron chi connectivity index (χ0n) is 5.70. The van der Waals surface area contributed by atoms with Crippen LogP contribution in [0.25, 0.3) is 0 Å². The minimum Gasteiger partial charge on any atom is -0.345 e. The van der Waals surface area contributed by atoms with Crippen LogP contribution in [0.3, 0.4) is 0 Å². The van der Waals surface area contributed by atoms with E-state index >= 15 is 0 Å². The smallest absolute Gasteiger partial charge is 0.345 e. The van der Waals surface area contributed by atoms with Crippen molar-refractivity contribution in [2.45, 2.75) is 6.92 Å². The molecule has 0 aliphatic rings. The van der Waals surface area contributed by atoms with Crippen molar-refractivity contribution in [3.8, 4) is 0 Å². The lowest BCUT2D eigenvalue weighted by Crippen LogP contribution is -2.28. The van der Waals surface area contributed by atoms with Crippen molar-refractivity contribution in [2.75, 3.05) is 6.54 Å². The van der Waals surface area contributed by atoms with E-state index in [9.17, 15) is 13.8 Å². The summed E-state index contributed by atoms with van der Waals surface area (Å²) in [6, 6.07) is 0. The molecule has 0 aromatic rings. The first-order valence-corrected chi connectivity index (χ1v) is 3.62. The van der Waals surface area contributed by atoms with Gasteiger partial charge in [0.15, 0.2) is 0 Å². The van der Waals surface area contributed by atoms with Gasteiger partial charge in [0, 0.05) is 6.92 Å². The quantitative estimate of drug-likeness (QED) is 0.533. The molecule has 11 heavy (non-hydrogen) atoms. The minimum atomic E-state index is -2.61. The van der Waals surface area contributed by atoms with E-state index in [0.717, 1.165) is 0 Å². The molecule has 0 spiro atoms. The van der Waals surface area contributed by atoms with Gasteiger partial charge >= 0.3 is 17.3 Å². The van der Waals surface area contributed by atoms with Gasteiger partial charge in [-0.3, -0.25) is 9.35 Å². The molecule has 0 aliphatic carbocycles. The van der Waals surface area contributed by atoms with Crippen molar-refractivity contribution >= 4 is 23.2 Å². The number of hydrogen-bond donors (Lipinski definition) is 2. The maximum atomic E-state index is 10.4. The summed E-state index contributed by atoms with van der Waals surface area (Å²) in [5.41, 5.74) is 0. The van der Waals surface area contributed by atoms with E-state index in [2.05, 4.69) is 9.50 Å². The van der Waals surface area contributed by atoms with Crippen LogP contribution in [0.2, 0.25) is 0 Å². The summed E-state index contributed by atoms with van der Waals surface area (Å²) in [5, 5.41) is 2.09. The van der Waals surface area contributed by atoms with Crippen LogP contribution in [0.1, 0.15) is 6.92 Å². The van der Waals surface area contributed by atoms with E-state index in [-0.39, 0.29) is 0 Å². The van der Waals surface area contributed by atoms with Crippen LogP contribution in [0, 0.1) is 0 Å². The molecule has 1 atom stereocenters. The highest BCUT2D eigenvalue weighted by Gasteiger charge is 2.05. The van der Waals surface area contributed by atoms with Gasteiger partial charge in [-0.2, -0.15) is 4.21 Å². The topological polar surface area (TPSA) is 92.7 Å². The Hall–Kier alpha value is -0.950. The first kappa shape index (κ1) is 10.0. The molecule has 1 amide bonds. The SMILES string of the molecule is CC(=O)NCC(=O)OS(=O)O. The van der Waals surface area contributed by atoms with E-state index in [1.54, 1.807) is 0 Å². The number of rotatable bonds is 3. The molecule has 0 aromatic carbocycles. The van der Waals surface area contributed by atoms with E-state index in [4.69, 9.17) is 4.55 Å². The van der Waals surface area contributed by atoms with Crippen molar-refractivity contribution in [1.82, 2.24) is 5.32 Å².